The number of halogens is 1. The van der Waals surface area contributed by atoms with Crippen LogP contribution in [0.15, 0.2) is 78.9 Å². The first-order chi connectivity index (χ1) is 11.7. The molecule has 2 nitrogen and oxygen atoms in total. The Morgan fingerprint density at radius 2 is 1.54 bits per heavy atom. The van der Waals surface area contributed by atoms with E-state index in [0.29, 0.717) is 0 Å². The fourth-order valence-electron chi connectivity index (χ4n) is 3.39. The van der Waals surface area contributed by atoms with Crippen LogP contribution in [0.5, 0.6) is 0 Å². The molecule has 0 saturated heterocycles. The molecule has 0 bridgehead atoms. The molecule has 1 aliphatic rings. The Hall–Kier alpha value is -2.29. The van der Waals surface area contributed by atoms with Gasteiger partial charge in [0.05, 0.1) is 6.04 Å². The molecule has 2 atom stereocenters. The Kier molecular flexibility index (Phi) is 3.79. The van der Waals surface area contributed by atoms with Gasteiger partial charge in [0.15, 0.2) is 0 Å². The van der Waals surface area contributed by atoms with Crippen molar-refractivity contribution in [2.75, 3.05) is 5.32 Å². The fourth-order valence-corrected chi connectivity index (χ4v) is 3.57. The summed E-state index contributed by atoms with van der Waals surface area (Å²) in [6.07, 6.45) is 0. The van der Waals surface area contributed by atoms with E-state index in [1.54, 1.807) is 0 Å². The smallest absolute Gasteiger partial charge is 0.112 e. The number of hydrogen-bond acceptors (Lipinski definition) is 2. The van der Waals surface area contributed by atoms with Crippen molar-refractivity contribution in [3.05, 3.63) is 101 Å². The molecule has 3 aromatic carbocycles. The van der Waals surface area contributed by atoms with Gasteiger partial charge in [-0.3, -0.25) is 5.32 Å². The molecule has 1 aliphatic heterocycles. The largest absolute Gasteiger partial charge is 0.363 e. The van der Waals surface area contributed by atoms with Crippen molar-refractivity contribution in [3.63, 3.8) is 0 Å². The minimum atomic E-state index is -0.359. The van der Waals surface area contributed by atoms with Crippen LogP contribution in [0, 0.1) is 0 Å². The van der Waals surface area contributed by atoms with Gasteiger partial charge in [-0.05, 0) is 41.8 Å². The highest BCUT2D eigenvalue weighted by Gasteiger charge is 2.36. The molecule has 0 aliphatic carbocycles. The summed E-state index contributed by atoms with van der Waals surface area (Å²) in [7, 11) is 0. The molecule has 0 amide bonds. The minimum Gasteiger partial charge on any atom is -0.363 e. The van der Waals surface area contributed by atoms with Gasteiger partial charge in [-0.15, -0.1) is 0 Å². The summed E-state index contributed by atoms with van der Waals surface area (Å²) in [5.74, 6) is 0. The molecule has 2 N–H and O–H groups in total. The quantitative estimate of drug-likeness (QED) is 0.663. The summed E-state index contributed by atoms with van der Waals surface area (Å²) >= 11 is 6.26. The summed E-state index contributed by atoms with van der Waals surface area (Å²) in [5, 5.41) is 8.17. The van der Waals surface area contributed by atoms with Crippen molar-refractivity contribution in [1.82, 2.24) is 5.32 Å². The van der Waals surface area contributed by atoms with Crippen molar-refractivity contribution < 1.29 is 0 Å². The maximum atomic E-state index is 6.26. The van der Waals surface area contributed by atoms with Crippen molar-refractivity contribution in [2.24, 2.45) is 0 Å². The van der Waals surface area contributed by atoms with E-state index < -0.39 is 0 Å². The second-order valence-electron chi connectivity index (χ2n) is 6.34. The molecule has 0 unspecified atom stereocenters. The van der Waals surface area contributed by atoms with Crippen molar-refractivity contribution in [1.29, 1.82) is 0 Å². The average Bonchev–Trinajstić information content (AvgIpc) is 2.63. The van der Waals surface area contributed by atoms with Gasteiger partial charge in [-0.25, -0.2) is 0 Å². The first-order valence-electron chi connectivity index (χ1n) is 8.11. The van der Waals surface area contributed by atoms with E-state index in [2.05, 4.69) is 72.2 Å². The highest BCUT2D eigenvalue weighted by atomic mass is 35.5. The van der Waals surface area contributed by atoms with E-state index in [0.717, 1.165) is 10.7 Å². The van der Waals surface area contributed by atoms with Crippen LogP contribution in [0.1, 0.15) is 29.7 Å². The molecule has 0 radical (unpaired) electrons. The van der Waals surface area contributed by atoms with Gasteiger partial charge in [0.25, 0.3) is 0 Å². The molecule has 4 rings (SSSR count). The third-order valence-electron chi connectivity index (χ3n) is 4.63. The molecule has 0 aromatic heterocycles. The van der Waals surface area contributed by atoms with Crippen LogP contribution in [0.4, 0.5) is 5.69 Å². The summed E-state index contributed by atoms with van der Waals surface area (Å²) in [6.45, 7) is 2.18. The lowest BCUT2D eigenvalue weighted by Gasteiger charge is -2.43. The van der Waals surface area contributed by atoms with Crippen molar-refractivity contribution in [2.45, 2.75) is 18.6 Å². The third-order valence-corrected chi connectivity index (χ3v) is 4.86. The van der Waals surface area contributed by atoms with Gasteiger partial charge in [0, 0.05) is 10.7 Å². The minimum absolute atomic E-state index is 0.0753. The number of rotatable bonds is 2. The Labute approximate surface area is 147 Å². The predicted octanol–water partition coefficient (Wildman–Crippen LogP) is 5.32. The van der Waals surface area contributed by atoms with E-state index in [4.69, 9.17) is 11.6 Å². The van der Waals surface area contributed by atoms with E-state index in [1.807, 2.05) is 24.3 Å². The van der Waals surface area contributed by atoms with Crippen LogP contribution in [0.3, 0.4) is 0 Å². The molecular weight excluding hydrogens is 316 g/mol. The second-order valence-corrected chi connectivity index (χ2v) is 6.77. The van der Waals surface area contributed by atoms with Crippen LogP contribution in [0.2, 0.25) is 5.02 Å². The van der Waals surface area contributed by atoms with Crippen LogP contribution in [-0.2, 0) is 5.66 Å². The summed E-state index contributed by atoms with van der Waals surface area (Å²) in [6, 6.07) is 27.1. The molecule has 0 spiro atoms. The highest BCUT2D eigenvalue weighted by Crippen LogP contribution is 2.40. The maximum absolute atomic E-state index is 6.26. The molecular formula is C21H19ClN2. The zero-order chi connectivity index (χ0) is 16.6. The number of benzene rings is 3. The molecule has 3 aromatic rings. The second kappa shape index (κ2) is 5.97. The maximum Gasteiger partial charge on any atom is 0.112 e. The molecule has 1 heterocycles. The van der Waals surface area contributed by atoms with Crippen molar-refractivity contribution >= 4 is 17.3 Å². The lowest BCUT2D eigenvalue weighted by Crippen LogP contribution is -2.51. The lowest BCUT2D eigenvalue weighted by atomic mass is 9.89. The zero-order valence-corrected chi connectivity index (χ0v) is 14.2. The van der Waals surface area contributed by atoms with Gasteiger partial charge >= 0.3 is 0 Å². The molecule has 3 heteroatoms. The number of nitrogens with one attached hydrogen (secondary N) is 2. The molecule has 24 heavy (non-hydrogen) atoms. The Bertz CT molecular complexity index is 848. The van der Waals surface area contributed by atoms with Crippen LogP contribution >= 0.6 is 11.6 Å². The SMILES string of the molecule is C[C@]1(c2ccccc2)Nc2ccc(Cl)cc2[C@@H](c2ccccc2)N1. The summed E-state index contributed by atoms with van der Waals surface area (Å²) in [4.78, 5) is 0. The van der Waals surface area contributed by atoms with Crippen LogP contribution in [0.25, 0.3) is 0 Å². The van der Waals surface area contributed by atoms with E-state index in [9.17, 15) is 0 Å². The topological polar surface area (TPSA) is 24.1 Å². The molecule has 120 valence electrons. The summed E-state index contributed by atoms with van der Waals surface area (Å²) in [5.41, 5.74) is 4.35. The Morgan fingerprint density at radius 1 is 0.875 bits per heavy atom. The Morgan fingerprint density at radius 3 is 2.25 bits per heavy atom. The van der Waals surface area contributed by atoms with Crippen molar-refractivity contribution in [3.8, 4) is 0 Å². The summed E-state index contributed by atoms with van der Waals surface area (Å²) < 4.78 is 0. The highest BCUT2D eigenvalue weighted by molar-refractivity contribution is 6.30. The van der Waals surface area contributed by atoms with Gasteiger partial charge in [-0.1, -0.05) is 72.3 Å². The zero-order valence-electron chi connectivity index (χ0n) is 13.5. The van der Waals surface area contributed by atoms with Gasteiger partial charge in [0.1, 0.15) is 5.66 Å². The van der Waals surface area contributed by atoms with E-state index >= 15 is 0 Å². The van der Waals surface area contributed by atoms with Gasteiger partial charge < -0.3 is 5.32 Å². The van der Waals surface area contributed by atoms with Crippen LogP contribution < -0.4 is 10.6 Å². The predicted molar refractivity (Wildman–Crippen MR) is 100 cm³/mol. The fraction of sp³-hybridized carbons (Fsp3) is 0.143. The lowest BCUT2D eigenvalue weighted by molar-refractivity contribution is 0.367. The van der Waals surface area contributed by atoms with E-state index in [1.165, 1.54) is 16.7 Å². The van der Waals surface area contributed by atoms with Crippen LogP contribution in [-0.4, -0.2) is 0 Å². The first-order valence-corrected chi connectivity index (χ1v) is 8.49. The third kappa shape index (κ3) is 2.68. The number of hydrogen-bond donors (Lipinski definition) is 2. The monoisotopic (exact) mass is 334 g/mol. The molecule has 0 fully saturated rings. The average molecular weight is 335 g/mol. The Balaban J connectivity index is 1.85. The number of fused-ring (bicyclic) bond motifs is 1. The first kappa shape index (κ1) is 15.3. The van der Waals surface area contributed by atoms with E-state index in [-0.39, 0.29) is 11.7 Å². The molecule has 0 saturated carbocycles. The normalized spacial score (nSPS) is 22.5. The number of anilines is 1. The van der Waals surface area contributed by atoms with Gasteiger partial charge in [0.2, 0.25) is 0 Å². The standard InChI is InChI=1S/C21H19ClN2/c1-21(16-10-6-3-7-11-16)23-19-13-12-17(22)14-18(19)20(24-21)15-8-4-2-5-9-15/h2-14,20,23-24H,1H3/t20-,21+/m1/s1. The van der Waals surface area contributed by atoms with Gasteiger partial charge in [-0.2, -0.15) is 0 Å².